The standard InChI is InChI=1S/C25H31N3O5S/c29-23(11-12-28-24(30)21-7-3-4-8-22(21)25(28)31)26-13-15-27(16-14-26)34(32,33)20-10-9-18-5-1-2-6-19(18)17-20/h3-4,9-10,17,21-22H,1-2,5-8,11-16H2/t21-,22+. The molecule has 182 valence electrons. The van der Waals surface area contributed by atoms with Gasteiger partial charge in [0.25, 0.3) is 0 Å². The van der Waals surface area contributed by atoms with Crippen LogP contribution >= 0.6 is 0 Å². The highest BCUT2D eigenvalue weighted by atomic mass is 32.2. The molecular weight excluding hydrogens is 454 g/mol. The summed E-state index contributed by atoms with van der Waals surface area (Å²) in [6.07, 6.45) is 9.28. The number of carbonyl (C=O) groups excluding carboxylic acids is 3. The number of aryl methyl sites for hydroxylation is 2. The third kappa shape index (κ3) is 4.20. The molecule has 5 rings (SSSR count). The Morgan fingerprint density at radius 2 is 1.50 bits per heavy atom. The quantitative estimate of drug-likeness (QED) is 0.468. The average molecular weight is 486 g/mol. The largest absolute Gasteiger partial charge is 0.340 e. The zero-order valence-corrected chi connectivity index (χ0v) is 20.1. The number of benzene rings is 1. The molecule has 1 aromatic rings. The van der Waals surface area contributed by atoms with Crippen molar-refractivity contribution in [3.63, 3.8) is 0 Å². The molecule has 4 aliphatic rings. The summed E-state index contributed by atoms with van der Waals surface area (Å²) in [6, 6.07) is 5.46. The van der Waals surface area contributed by atoms with Crippen molar-refractivity contribution in [3.05, 3.63) is 41.5 Å². The first kappa shape index (κ1) is 23.2. The monoisotopic (exact) mass is 485 g/mol. The third-order valence-corrected chi connectivity index (χ3v) is 9.59. The van der Waals surface area contributed by atoms with Gasteiger partial charge in [-0.05, 0) is 61.8 Å². The number of imide groups is 1. The van der Waals surface area contributed by atoms with E-state index in [0.29, 0.717) is 30.8 Å². The molecule has 2 atom stereocenters. The molecular formula is C25H31N3O5S. The Balaban J connectivity index is 1.16. The number of fused-ring (bicyclic) bond motifs is 2. The molecule has 8 nitrogen and oxygen atoms in total. The second-order valence-electron chi connectivity index (χ2n) is 9.66. The molecule has 0 unspecified atom stereocenters. The lowest BCUT2D eigenvalue weighted by Gasteiger charge is -2.34. The van der Waals surface area contributed by atoms with Crippen molar-refractivity contribution in [3.8, 4) is 0 Å². The Morgan fingerprint density at radius 3 is 2.15 bits per heavy atom. The van der Waals surface area contributed by atoms with Crippen LogP contribution in [0.3, 0.4) is 0 Å². The summed E-state index contributed by atoms with van der Waals surface area (Å²) in [5.74, 6) is -1.07. The van der Waals surface area contributed by atoms with Gasteiger partial charge in [0.2, 0.25) is 27.7 Å². The number of allylic oxidation sites excluding steroid dienone is 2. The molecule has 9 heteroatoms. The van der Waals surface area contributed by atoms with Gasteiger partial charge in [0, 0.05) is 39.1 Å². The predicted octanol–water partition coefficient (Wildman–Crippen LogP) is 1.74. The van der Waals surface area contributed by atoms with Crippen molar-refractivity contribution in [2.45, 2.75) is 49.8 Å². The summed E-state index contributed by atoms with van der Waals surface area (Å²) in [7, 11) is -3.60. The first-order chi connectivity index (χ1) is 16.4. The molecule has 2 saturated heterocycles. The topological polar surface area (TPSA) is 95.1 Å². The number of amides is 3. The molecule has 0 radical (unpaired) electrons. The van der Waals surface area contributed by atoms with Gasteiger partial charge in [-0.2, -0.15) is 4.31 Å². The van der Waals surface area contributed by atoms with Crippen LogP contribution in [0.2, 0.25) is 0 Å². The minimum atomic E-state index is -3.60. The Hall–Kier alpha value is -2.52. The molecule has 0 bridgehead atoms. The molecule has 0 spiro atoms. The molecule has 2 heterocycles. The van der Waals surface area contributed by atoms with Crippen molar-refractivity contribution >= 4 is 27.7 Å². The second-order valence-corrected chi connectivity index (χ2v) is 11.6. The van der Waals surface area contributed by atoms with Gasteiger partial charge in [-0.1, -0.05) is 18.2 Å². The Kier molecular flexibility index (Phi) is 6.33. The maximum atomic E-state index is 13.2. The molecule has 0 saturated carbocycles. The maximum absolute atomic E-state index is 13.2. The van der Waals surface area contributed by atoms with Crippen molar-refractivity contribution in [1.82, 2.24) is 14.1 Å². The van der Waals surface area contributed by atoms with Crippen LogP contribution < -0.4 is 0 Å². The number of hydrogen-bond acceptors (Lipinski definition) is 5. The van der Waals surface area contributed by atoms with E-state index in [1.807, 2.05) is 24.3 Å². The third-order valence-electron chi connectivity index (χ3n) is 7.70. The van der Waals surface area contributed by atoms with Crippen LogP contribution in [0.1, 0.15) is 43.2 Å². The van der Waals surface area contributed by atoms with E-state index in [1.54, 1.807) is 11.0 Å². The van der Waals surface area contributed by atoms with Crippen molar-refractivity contribution in [2.75, 3.05) is 32.7 Å². The number of likely N-dealkylation sites (tertiary alicyclic amines) is 1. The van der Waals surface area contributed by atoms with E-state index in [4.69, 9.17) is 0 Å². The van der Waals surface area contributed by atoms with E-state index in [0.717, 1.165) is 31.2 Å². The van der Waals surface area contributed by atoms with E-state index in [-0.39, 0.29) is 55.6 Å². The fraction of sp³-hybridized carbons (Fsp3) is 0.560. The van der Waals surface area contributed by atoms with Gasteiger partial charge >= 0.3 is 0 Å². The zero-order valence-electron chi connectivity index (χ0n) is 19.3. The fourth-order valence-electron chi connectivity index (χ4n) is 5.65. The summed E-state index contributed by atoms with van der Waals surface area (Å²) < 4.78 is 27.8. The van der Waals surface area contributed by atoms with Crippen LogP contribution in [0.15, 0.2) is 35.2 Å². The molecule has 3 amide bonds. The maximum Gasteiger partial charge on any atom is 0.243 e. The molecule has 34 heavy (non-hydrogen) atoms. The number of carbonyl (C=O) groups is 3. The highest BCUT2D eigenvalue weighted by Gasteiger charge is 2.47. The normalized spacial score (nSPS) is 25.4. The number of nitrogens with zero attached hydrogens (tertiary/aromatic N) is 3. The molecule has 1 aromatic carbocycles. The summed E-state index contributed by atoms with van der Waals surface area (Å²) in [4.78, 5) is 41.2. The Bertz CT molecular complexity index is 1110. The van der Waals surface area contributed by atoms with Crippen LogP contribution in [-0.4, -0.2) is 73.0 Å². The van der Waals surface area contributed by atoms with Crippen molar-refractivity contribution in [1.29, 1.82) is 0 Å². The van der Waals surface area contributed by atoms with E-state index in [9.17, 15) is 22.8 Å². The van der Waals surface area contributed by atoms with Crippen molar-refractivity contribution in [2.24, 2.45) is 11.8 Å². The average Bonchev–Trinajstić information content (AvgIpc) is 3.11. The summed E-state index contributed by atoms with van der Waals surface area (Å²) >= 11 is 0. The van der Waals surface area contributed by atoms with Gasteiger partial charge in [0.1, 0.15) is 0 Å². The van der Waals surface area contributed by atoms with Gasteiger partial charge in [-0.25, -0.2) is 8.42 Å². The van der Waals surface area contributed by atoms with E-state index < -0.39 is 10.0 Å². The molecule has 0 N–H and O–H groups in total. The van der Waals surface area contributed by atoms with Crippen molar-refractivity contribution < 1.29 is 22.8 Å². The number of piperazine rings is 1. The number of hydrogen-bond donors (Lipinski definition) is 0. The predicted molar refractivity (Wildman–Crippen MR) is 125 cm³/mol. The van der Waals surface area contributed by atoms with E-state index in [2.05, 4.69) is 0 Å². The lowest BCUT2D eigenvalue weighted by atomic mass is 9.85. The first-order valence-corrected chi connectivity index (χ1v) is 13.7. The van der Waals surface area contributed by atoms with Gasteiger partial charge in [-0.3, -0.25) is 19.3 Å². The van der Waals surface area contributed by atoms with Gasteiger partial charge < -0.3 is 4.90 Å². The number of rotatable bonds is 5. The smallest absolute Gasteiger partial charge is 0.243 e. The van der Waals surface area contributed by atoms with E-state index in [1.165, 1.54) is 14.8 Å². The minimum absolute atomic E-state index is 0.0713. The minimum Gasteiger partial charge on any atom is -0.340 e. The highest BCUT2D eigenvalue weighted by Crippen LogP contribution is 2.35. The SMILES string of the molecule is O=C(CCN1C(=O)[C@H]2CC=CC[C@H]2C1=O)N1CCN(S(=O)(=O)c2ccc3c(c2)CCCC3)CC1. The fourth-order valence-corrected chi connectivity index (χ4v) is 7.13. The summed E-state index contributed by atoms with van der Waals surface area (Å²) in [5.41, 5.74) is 2.37. The Labute approximate surface area is 200 Å². The number of sulfonamides is 1. The molecule has 2 aliphatic carbocycles. The van der Waals surface area contributed by atoms with Crippen LogP contribution in [0.25, 0.3) is 0 Å². The van der Waals surface area contributed by atoms with Gasteiger partial charge in [-0.15, -0.1) is 0 Å². The van der Waals surface area contributed by atoms with Crippen LogP contribution in [0.5, 0.6) is 0 Å². The summed E-state index contributed by atoms with van der Waals surface area (Å²) in [6.45, 7) is 1.18. The zero-order chi connectivity index (χ0) is 23.9. The highest BCUT2D eigenvalue weighted by molar-refractivity contribution is 7.89. The van der Waals surface area contributed by atoms with E-state index >= 15 is 0 Å². The van der Waals surface area contributed by atoms with Gasteiger partial charge in [0.05, 0.1) is 16.7 Å². The van der Waals surface area contributed by atoms with Crippen LogP contribution in [-0.2, 0) is 37.2 Å². The summed E-state index contributed by atoms with van der Waals surface area (Å²) in [5, 5.41) is 0. The van der Waals surface area contributed by atoms with Crippen LogP contribution in [0.4, 0.5) is 0 Å². The second kappa shape index (κ2) is 9.26. The van der Waals surface area contributed by atoms with Gasteiger partial charge in [0.15, 0.2) is 0 Å². The van der Waals surface area contributed by atoms with Crippen LogP contribution in [0, 0.1) is 11.8 Å². The first-order valence-electron chi connectivity index (χ1n) is 12.3. The molecule has 0 aromatic heterocycles. The lowest BCUT2D eigenvalue weighted by molar-refractivity contribution is -0.141. The Morgan fingerprint density at radius 1 is 0.882 bits per heavy atom. The lowest BCUT2D eigenvalue weighted by Crippen LogP contribution is -2.51. The molecule has 2 aliphatic heterocycles. The molecule has 2 fully saturated rings.